The lowest BCUT2D eigenvalue weighted by molar-refractivity contribution is -0.146. The molecule has 8 heteroatoms. The van der Waals surface area contributed by atoms with Crippen molar-refractivity contribution in [1.82, 2.24) is 15.1 Å². The summed E-state index contributed by atoms with van der Waals surface area (Å²) in [5, 5.41) is 8.96. The van der Waals surface area contributed by atoms with Gasteiger partial charge >= 0.3 is 5.97 Å². The van der Waals surface area contributed by atoms with Crippen LogP contribution in [0.25, 0.3) is 10.9 Å². The molecule has 1 aliphatic rings. The highest BCUT2D eigenvalue weighted by Gasteiger charge is 2.28. The molecule has 1 N–H and O–H groups in total. The molecular weight excluding hydrogens is 529 g/mol. The number of nitrogens with one attached hydrogen (secondary N) is 1. The van der Waals surface area contributed by atoms with Crippen molar-refractivity contribution in [3.05, 3.63) is 62.3 Å². The summed E-state index contributed by atoms with van der Waals surface area (Å²) in [6.07, 6.45) is 4.66. The first kappa shape index (κ1) is 22.1. The normalized spacial score (nSPS) is 18.7. The van der Waals surface area contributed by atoms with E-state index in [1.54, 1.807) is 18.3 Å². The number of halogens is 2. The van der Waals surface area contributed by atoms with Crippen molar-refractivity contribution in [2.24, 2.45) is 5.92 Å². The number of carbonyl (C=O) groups excluding carboxylic acids is 2. The molecule has 2 aromatic carbocycles. The molecule has 1 aliphatic carbocycles. The average Bonchev–Trinajstić information content (AvgIpc) is 3.20. The van der Waals surface area contributed by atoms with Crippen LogP contribution in [0.15, 0.2) is 42.6 Å². The fourth-order valence-corrected chi connectivity index (χ4v) is 4.70. The number of aromatic nitrogens is 2. The molecule has 3 aromatic rings. The van der Waals surface area contributed by atoms with E-state index >= 15 is 0 Å². The van der Waals surface area contributed by atoms with Crippen LogP contribution in [0.2, 0.25) is 5.02 Å². The maximum Gasteiger partial charge on any atom is 0.308 e. The molecule has 0 aliphatic heterocycles. The molecule has 0 saturated heterocycles. The van der Waals surface area contributed by atoms with Crippen molar-refractivity contribution >= 4 is 57.0 Å². The minimum Gasteiger partial charge on any atom is -0.469 e. The predicted octanol–water partition coefficient (Wildman–Crippen LogP) is 4.80. The predicted molar refractivity (Wildman–Crippen MR) is 128 cm³/mol. The Morgan fingerprint density at radius 2 is 1.87 bits per heavy atom. The van der Waals surface area contributed by atoms with Crippen molar-refractivity contribution in [1.29, 1.82) is 0 Å². The number of esters is 1. The van der Waals surface area contributed by atoms with Gasteiger partial charge in [0.15, 0.2) is 0 Å². The molecule has 1 amide bonds. The monoisotopic (exact) mass is 551 g/mol. The summed E-state index contributed by atoms with van der Waals surface area (Å²) in [4.78, 5) is 24.9. The SMILES string of the molecule is COC(=O)C1CCC(NC(=O)c2ccc(Cl)c3cnn(Cc4ccc(I)cc4)c23)CC1. The van der Waals surface area contributed by atoms with Gasteiger partial charge in [0.25, 0.3) is 5.91 Å². The lowest BCUT2D eigenvalue weighted by Crippen LogP contribution is -2.39. The maximum absolute atomic E-state index is 13.2. The lowest BCUT2D eigenvalue weighted by atomic mass is 9.86. The average molecular weight is 552 g/mol. The second-order valence-corrected chi connectivity index (χ2v) is 9.48. The van der Waals surface area contributed by atoms with E-state index in [0.717, 1.165) is 45.7 Å². The molecule has 0 unspecified atom stereocenters. The Morgan fingerprint density at radius 1 is 1.16 bits per heavy atom. The third kappa shape index (κ3) is 4.87. The molecule has 0 spiro atoms. The largest absolute Gasteiger partial charge is 0.469 e. The first-order valence-corrected chi connectivity index (χ1v) is 11.7. The summed E-state index contributed by atoms with van der Waals surface area (Å²) in [7, 11) is 1.42. The zero-order valence-corrected chi connectivity index (χ0v) is 20.0. The van der Waals surface area contributed by atoms with Crippen LogP contribution in [-0.4, -0.2) is 34.8 Å². The summed E-state index contributed by atoms with van der Waals surface area (Å²) in [5.41, 5.74) is 2.38. The van der Waals surface area contributed by atoms with Gasteiger partial charge in [0.1, 0.15) is 0 Å². The summed E-state index contributed by atoms with van der Waals surface area (Å²) < 4.78 is 7.83. The van der Waals surface area contributed by atoms with E-state index < -0.39 is 0 Å². The van der Waals surface area contributed by atoms with Crippen LogP contribution in [0.5, 0.6) is 0 Å². The number of hydrogen-bond donors (Lipinski definition) is 1. The Labute approximate surface area is 199 Å². The smallest absolute Gasteiger partial charge is 0.308 e. The Bertz CT molecular complexity index is 1110. The summed E-state index contributed by atoms with van der Waals surface area (Å²) in [5.74, 6) is -0.382. The second-order valence-electron chi connectivity index (χ2n) is 7.83. The topological polar surface area (TPSA) is 73.2 Å². The van der Waals surface area contributed by atoms with Crippen molar-refractivity contribution in [3.8, 4) is 0 Å². The number of rotatable bonds is 5. The van der Waals surface area contributed by atoms with Gasteiger partial charge in [-0.3, -0.25) is 14.3 Å². The molecule has 1 fully saturated rings. The van der Waals surface area contributed by atoms with Crippen LogP contribution in [0.4, 0.5) is 0 Å². The van der Waals surface area contributed by atoms with Crippen LogP contribution in [0, 0.1) is 9.49 Å². The molecule has 6 nitrogen and oxygen atoms in total. The van der Waals surface area contributed by atoms with Crippen LogP contribution in [0.3, 0.4) is 0 Å². The number of fused-ring (bicyclic) bond motifs is 1. The first-order chi connectivity index (χ1) is 15.0. The van der Waals surface area contributed by atoms with Crippen molar-refractivity contribution in [3.63, 3.8) is 0 Å². The van der Waals surface area contributed by atoms with E-state index in [0.29, 0.717) is 17.1 Å². The first-order valence-electron chi connectivity index (χ1n) is 10.2. The van der Waals surface area contributed by atoms with Gasteiger partial charge in [0, 0.05) is 15.0 Å². The molecular formula is C23H23ClIN3O3. The van der Waals surface area contributed by atoms with Crippen LogP contribution in [-0.2, 0) is 16.1 Å². The fraction of sp³-hybridized carbons (Fsp3) is 0.348. The van der Waals surface area contributed by atoms with E-state index in [2.05, 4.69) is 45.1 Å². The van der Waals surface area contributed by atoms with Crippen molar-refractivity contribution < 1.29 is 14.3 Å². The Hall–Kier alpha value is -2.13. The van der Waals surface area contributed by atoms with Gasteiger partial charge in [-0.25, -0.2) is 0 Å². The van der Waals surface area contributed by atoms with Gasteiger partial charge in [-0.15, -0.1) is 0 Å². The minimum absolute atomic E-state index is 0.0340. The van der Waals surface area contributed by atoms with E-state index in [4.69, 9.17) is 16.3 Å². The van der Waals surface area contributed by atoms with Crippen LogP contribution < -0.4 is 5.32 Å². The fourth-order valence-electron chi connectivity index (χ4n) is 4.14. The molecule has 4 rings (SSSR count). The Kier molecular flexibility index (Phi) is 6.81. The van der Waals surface area contributed by atoms with Crippen LogP contribution in [0.1, 0.15) is 41.6 Å². The van der Waals surface area contributed by atoms with Gasteiger partial charge in [-0.1, -0.05) is 23.7 Å². The van der Waals surface area contributed by atoms with E-state index in [1.807, 2.05) is 16.8 Å². The molecule has 162 valence electrons. The summed E-state index contributed by atoms with van der Waals surface area (Å²) in [6, 6.07) is 11.7. The highest BCUT2D eigenvalue weighted by Crippen LogP contribution is 2.29. The molecule has 1 heterocycles. The Balaban J connectivity index is 1.55. The van der Waals surface area contributed by atoms with Gasteiger partial charge < -0.3 is 10.1 Å². The van der Waals surface area contributed by atoms with Crippen molar-refractivity contribution in [2.75, 3.05) is 7.11 Å². The third-order valence-corrected chi connectivity index (χ3v) is 6.88. The van der Waals surface area contributed by atoms with E-state index in [1.165, 1.54) is 7.11 Å². The number of ether oxygens (including phenoxy) is 1. The number of carbonyl (C=O) groups is 2. The quantitative estimate of drug-likeness (QED) is 0.365. The lowest BCUT2D eigenvalue weighted by Gasteiger charge is -2.27. The van der Waals surface area contributed by atoms with Gasteiger partial charge in [0.05, 0.1) is 41.9 Å². The zero-order valence-electron chi connectivity index (χ0n) is 17.1. The van der Waals surface area contributed by atoms with Crippen molar-refractivity contribution in [2.45, 2.75) is 38.3 Å². The number of benzene rings is 2. The summed E-state index contributed by atoms with van der Waals surface area (Å²) >= 11 is 8.67. The molecule has 1 aromatic heterocycles. The molecule has 1 saturated carbocycles. The number of methoxy groups -OCH3 is 1. The standard InChI is InChI=1S/C23H23ClIN3O3/c1-31-23(30)15-4-8-17(9-5-15)27-22(29)18-10-11-20(24)19-12-26-28(21(18)19)13-14-2-6-16(25)7-3-14/h2-3,6-7,10-12,15,17H,4-5,8-9,13H2,1H3,(H,27,29). The minimum atomic E-state index is -0.163. The van der Waals surface area contributed by atoms with E-state index in [-0.39, 0.29) is 23.8 Å². The molecule has 31 heavy (non-hydrogen) atoms. The van der Waals surface area contributed by atoms with Crippen LogP contribution >= 0.6 is 34.2 Å². The highest BCUT2D eigenvalue weighted by molar-refractivity contribution is 14.1. The van der Waals surface area contributed by atoms with Gasteiger partial charge in [-0.05, 0) is 78.1 Å². The van der Waals surface area contributed by atoms with Gasteiger partial charge in [0.2, 0.25) is 0 Å². The second kappa shape index (κ2) is 9.56. The Morgan fingerprint density at radius 3 is 2.55 bits per heavy atom. The maximum atomic E-state index is 13.2. The third-order valence-electron chi connectivity index (χ3n) is 5.84. The number of amides is 1. The molecule has 0 radical (unpaired) electrons. The number of nitrogens with zero attached hydrogens (tertiary/aromatic N) is 2. The summed E-state index contributed by atoms with van der Waals surface area (Å²) in [6.45, 7) is 0.547. The number of hydrogen-bond acceptors (Lipinski definition) is 4. The highest BCUT2D eigenvalue weighted by atomic mass is 127. The molecule has 0 atom stereocenters. The molecule has 0 bridgehead atoms. The van der Waals surface area contributed by atoms with Gasteiger partial charge in [-0.2, -0.15) is 5.10 Å². The zero-order chi connectivity index (χ0) is 22.0. The van der Waals surface area contributed by atoms with E-state index in [9.17, 15) is 9.59 Å².